The zero-order chi connectivity index (χ0) is 16.6. The smallest absolute Gasteiger partial charge is 0.250 e. The predicted molar refractivity (Wildman–Crippen MR) is 97.7 cm³/mol. The summed E-state index contributed by atoms with van der Waals surface area (Å²) in [6.45, 7) is 1.80. The molecule has 1 saturated carbocycles. The minimum atomic E-state index is -3.43. The fourth-order valence-corrected chi connectivity index (χ4v) is 5.82. The summed E-state index contributed by atoms with van der Waals surface area (Å²) in [5, 5.41) is 3.27. The van der Waals surface area contributed by atoms with Gasteiger partial charge in [0.25, 0.3) is 0 Å². The summed E-state index contributed by atoms with van der Waals surface area (Å²) >= 11 is 1.37. The van der Waals surface area contributed by atoms with Gasteiger partial charge in [0, 0.05) is 23.4 Å². The zero-order valence-electron chi connectivity index (χ0n) is 13.2. The SMILES string of the molecule is O=S(=O)(N[C@H]1C[C@@H]1c1ccccc1)c1ccc(C2=CCNCC2)s1. The van der Waals surface area contributed by atoms with Crippen LogP contribution in [0.2, 0.25) is 0 Å². The average molecular weight is 361 g/mol. The van der Waals surface area contributed by atoms with Crippen LogP contribution in [-0.4, -0.2) is 27.5 Å². The molecule has 0 bridgehead atoms. The van der Waals surface area contributed by atoms with E-state index in [9.17, 15) is 8.42 Å². The summed E-state index contributed by atoms with van der Waals surface area (Å²) < 4.78 is 28.5. The van der Waals surface area contributed by atoms with Crippen LogP contribution in [0, 0.1) is 0 Å². The monoisotopic (exact) mass is 360 g/mol. The van der Waals surface area contributed by atoms with Crippen molar-refractivity contribution in [1.82, 2.24) is 10.0 Å². The van der Waals surface area contributed by atoms with Gasteiger partial charge in [-0.1, -0.05) is 36.4 Å². The van der Waals surface area contributed by atoms with E-state index in [0.29, 0.717) is 10.1 Å². The molecule has 6 heteroatoms. The summed E-state index contributed by atoms with van der Waals surface area (Å²) in [6.07, 6.45) is 3.97. The topological polar surface area (TPSA) is 58.2 Å². The second kappa shape index (κ2) is 6.44. The molecule has 0 radical (unpaired) electrons. The molecule has 2 aromatic rings. The summed E-state index contributed by atoms with van der Waals surface area (Å²) in [4.78, 5) is 1.06. The van der Waals surface area contributed by atoms with E-state index >= 15 is 0 Å². The van der Waals surface area contributed by atoms with E-state index in [0.717, 1.165) is 30.8 Å². The van der Waals surface area contributed by atoms with Crippen LogP contribution in [0.25, 0.3) is 5.57 Å². The van der Waals surface area contributed by atoms with Gasteiger partial charge < -0.3 is 5.32 Å². The molecule has 0 unspecified atom stereocenters. The van der Waals surface area contributed by atoms with Crippen LogP contribution in [0.4, 0.5) is 0 Å². The maximum atomic E-state index is 12.6. The van der Waals surface area contributed by atoms with E-state index in [4.69, 9.17) is 0 Å². The van der Waals surface area contributed by atoms with Gasteiger partial charge in [-0.25, -0.2) is 13.1 Å². The van der Waals surface area contributed by atoms with Crippen LogP contribution in [0.1, 0.15) is 29.2 Å². The van der Waals surface area contributed by atoms with Crippen molar-refractivity contribution in [3.8, 4) is 0 Å². The lowest BCUT2D eigenvalue weighted by Crippen LogP contribution is -2.26. The molecule has 4 rings (SSSR count). The van der Waals surface area contributed by atoms with Crippen molar-refractivity contribution in [3.05, 3.63) is 59.0 Å². The largest absolute Gasteiger partial charge is 0.313 e. The third-order valence-electron chi connectivity index (χ3n) is 4.55. The lowest BCUT2D eigenvalue weighted by molar-refractivity contribution is 0.582. The minimum absolute atomic E-state index is 0.0149. The average Bonchev–Trinajstić information content (AvgIpc) is 3.17. The number of nitrogens with one attached hydrogen (secondary N) is 2. The molecule has 126 valence electrons. The van der Waals surface area contributed by atoms with Crippen LogP contribution in [0.3, 0.4) is 0 Å². The van der Waals surface area contributed by atoms with Crippen molar-refractivity contribution in [2.24, 2.45) is 0 Å². The number of rotatable bonds is 5. The molecule has 24 heavy (non-hydrogen) atoms. The molecule has 2 aliphatic rings. The van der Waals surface area contributed by atoms with Crippen molar-refractivity contribution >= 4 is 26.9 Å². The first-order valence-electron chi connectivity index (χ1n) is 8.21. The summed E-state index contributed by atoms with van der Waals surface area (Å²) in [7, 11) is -3.43. The first-order valence-corrected chi connectivity index (χ1v) is 10.5. The molecule has 0 spiro atoms. The Bertz CT molecular complexity index is 856. The van der Waals surface area contributed by atoms with E-state index in [1.54, 1.807) is 6.07 Å². The molecule has 1 aromatic heterocycles. The molecule has 2 heterocycles. The Kier molecular flexibility index (Phi) is 4.30. The Balaban J connectivity index is 1.46. The number of hydrogen-bond acceptors (Lipinski definition) is 4. The van der Waals surface area contributed by atoms with Gasteiger partial charge in [-0.05, 0) is 42.7 Å². The molecular weight excluding hydrogens is 340 g/mol. The van der Waals surface area contributed by atoms with Gasteiger partial charge in [0.1, 0.15) is 4.21 Å². The third kappa shape index (κ3) is 3.32. The molecule has 1 aliphatic carbocycles. The molecule has 0 amide bonds. The zero-order valence-corrected chi connectivity index (χ0v) is 14.9. The molecule has 1 aliphatic heterocycles. The van der Waals surface area contributed by atoms with Crippen molar-refractivity contribution in [2.45, 2.75) is 29.0 Å². The van der Waals surface area contributed by atoms with Crippen LogP contribution < -0.4 is 10.0 Å². The van der Waals surface area contributed by atoms with E-state index < -0.39 is 10.0 Å². The second-order valence-electron chi connectivity index (χ2n) is 6.28. The van der Waals surface area contributed by atoms with Crippen molar-refractivity contribution in [3.63, 3.8) is 0 Å². The van der Waals surface area contributed by atoms with Gasteiger partial charge >= 0.3 is 0 Å². The summed E-state index contributed by atoms with van der Waals surface area (Å²) in [5.74, 6) is 0.299. The second-order valence-corrected chi connectivity index (χ2v) is 9.31. The summed E-state index contributed by atoms with van der Waals surface area (Å²) in [6, 6.07) is 13.8. The normalized spacial score (nSPS) is 23.8. The van der Waals surface area contributed by atoms with Gasteiger partial charge in [-0.3, -0.25) is 0 Å². The van der Waals surface area contributed by atoms with Crippen LogP contribution >= 0.6 is 11.3 Å². The first-order chi connectivity index (χ1) is 11.6. The van der Waals surface area contributed by atoms with Gasteiger partial charge in [-0.15, -0.1) is 11.3 Å². The minimum Gasteiger partial charge on any atom is -0.313 e. The molecule has 4 nitrogen and oxygen atoms in total. The van der Waals surface area contributed by atoms with Gasteiger partial charge in [-0.2, -0.15) is 0 Å². The highest BCUT2D eigenvalue weighted by atomic mass is 32.2. The molecule has 2 atom stereocenters. The predicted octanol–water partition coefficient (Wildman–Crippen LogP) is 2.96. The van der Waals surface area contributed by atoms with E-state index in [2.05, 4.69) is 28.2 Å². The van der Waals surface area contributed by atoms with Gasteiger partial charge in [0.2, 0.25) is 10.0 Å². The molecule has 2 N–H and O–H groups in total. The number of benzene rings is 1. The highest BCUT2D eigenvalue weighted by Crippen LogP contribution is 2.42. The van der Waals surface area contributed by atoms with E-state index in [1.165, 1.54) is 22.5 Å². The number of thiophene rings is 1. The quantitative estimate of drug-likeness (QED) is 0.862. The Morgan fingerprint density at radius 3 is 2.71 bits per heavy atom. The van der Waals surface area contributed by atoms with Gasteiger partial charge in [0.05, 0.1) is 0 Å². The Morgan fingerprint density at radius 2 is 1.96 bits per heavy atom. The number of sulfonamides is 1. The standard InChI is InChI=1S/C18H20N2O2S2/c21-24(22,20-16-12-15(16)13-4-2-1-3-5-13)18-7-6-17(23-18)14-8-10-19-11-9-14/h1-8,15-16,19-20H,9-12H2/t15-,16+/m1/s1. The Labute approximate surface area is 146 Å². The van der Waals surface area contributed by atoms with Gasteiger partial charge in [0.15, 0.2) is 0 Å². The van der Waals surface area contributed by atoms with Crippen LogP contribution in [-0.2, 0) is 10.0 Å². The highest BCUT2D eigenvalue weighted by Gasteiger charge is 2.41. The summed E-state index contributed by atoms with van der Waals surface area (Å²) in [5.41, 5.74) is 2.45. The molecule has 0 saturated heterocycles. The third-order valence-corrected chi connectivity index (χ3v) is 7.69. The Hall–Kier alpha value is -1.47. The maximum absolute atomic E-state index is 12.6. The fourth-order valence-electron chi connectivity index (χ4n) is 3.13. The fraction of sp³-hybridized carbons (Fsp3) is 0.333. The van der Waals surface area contributed by atoms with Crippen molar-refractivity contribution < 1.29 is 8.42 Å². The molecule has 1 fully saturated rings. The molecule has 1 aromatic carbocycles. The van der Waals surface area contributed by atoms with Crippen LogP contribution in [0.5, 0.6) is 0 Å². The van der Waals surface area contributed by atoms with Crippen molar-refractivity contribution in [1.29, 1.82) is 0 Å². The lowest BCUT2D eigenvalue weighted by Gasteiger charge is -2.12. The maximum Gasteiger partial charge on any atom is 0.250 e. The van der Waals surface area contributed by atoms with Crippen molar-refractivity contribution in [2.75, 3.05) is 13.1 Å². The lowest BCUT2D eigenvalue weighted by atomic mass is 10.1. The first kappa shape index (κ1) is 16.0. The van der Waals surface area contributed by atoms with E-state index in [-0.39, 0.29) is 6.04 Å². The van der Waals surface area contributed by atoms with E-state index in [1.807, 2.05) is 24.3 Å². The number of hydrogen-bond donors (Lipinski definition) is 2. The van der Waals surface area contributed by atoms with Crippen LogP contribution in [0.15, 0.2) is 52.7 Å². The highest BCUT2D eigenvalue weighted by molar-refractivity contribution is 7.91. The Morgan fingerprint density at radius 1 is 1.12 bits per heavy atom. The molecular formula is C18H20N2O2S2.